The maximum Gasteiger partial charge on any atom is 0.266 e. The third-order valence-corrected chi connectivity index (χ3v) is 5.43. The zero-order chi connectivity index (χ0) is 23.6. The Hall–Kier alpha value is -3.46. The summed E-state index contributed by atoms with van der Waals surface area (Å²) in [5, 5.41) is 2.66. The fraction of sp³-hybridized carbons (Fsp3) is 0.217. The molecule has 0 aliphatic carbocycles. The van der Waals surface area contributed by atoms with Gasteiger partial charge < -0.3 is 10.2 Å². The minimum absolute atomic E-state index is 0.0837. The topological polar surface area (TPSA) is 75.2 Å². The zero-order valence-corrected chi connectivity index (χ0v) is 17.9. The molecule has 3 heterocycles. The molecule has 2 amide bonds. The van der Waals surface area contributed by atoms with Crippen LogP contribution < -0.4 is 5.32 Å². The summed E-state index contributed by atoms with van der Waals surface area (Å²) in [7, 11) is 0. The summed E-state index contributed by atoms with van der Waals surface area (Å²) in [5.74, 6) is -6.59. The second-order valence-corrected chi connectivity index (χ2v) is 8.15. The van der Waals surface area contributed by atoms with E-state index in [1.807, 2.05) is 0 Å². The van der Waals surface area contributed by atoms with Crippen LogP contribution in [0.1, 0.15) is 16.8 Å². The standard InChI is InChI=1S/C23H18ClF3N4O2/c24-20-10-19(3-6-29-20)30-21(32)17-11-23(26,27)13-31(12-17)22(33)16-7-15(8-18(25)9-16)14-1-4-28-5-2-14/h1-10,17H,11-13H2,(H,29,30,32). The van der Waals surface area contributed by atoms with E-state index in [4.69, 9.17) is 11.6 Å². The van der Waals surface area contributed by atoms with Crippen molar-refractivity contribution < 1.29 is 22.8 Å². The van der Waals surface area contributed by atoms with E-state index < -0.39 is 42.4 Å². The molecular weight excluding hydrogens is 457 g/mol. The molecular formula is C23H18ClF3N4O2. The van der Waals surface area contributed by atoms with Crippen LogP contribution in [0.3, 0.4) is 0 Å². The Morgan fingerprint density at radius 2 is 1.82 bits per heavy atom. The number of likely N-dealkylation sites (tertiary alicyclic amines) is 1. The van der Waals surface area contributed by atoms with Crippen LogP contribution in [0.4, 0.5) is 18.9 Å². The Bertz CT molecular complexity index is 1190. The summed E-state index contributed by atoms with van der Waals surface area (Å²) < 4.78 is 43.2. The van der Waals surface area contributed by atoms with Crippen molar-refractivity contribution in [2.75, 3.05) is 18.4 Å². The predicted octanol–water partition coefficient (Wildman–Crippen LogP) is 4.67. The van der Waals surface area contributed by atoms with Gasteiger partial charge in [-0.05, 0) is 53.6 Å². The van der Waals surface area contributed by atoms with Crippen LogP contribution in [-0.2, 0) is 4.79 Å². The van der Waals surface area contributed by atoms with Gasteiger partial charge in [0.15, 0.2) is 0 Å². The number of benzene rings is 1. The molecule has 1 saturated heterocycles. The van der Waals surface area contributed by atoms with E-state index in [0.29, 0.717) is 16.8 Å². The first-order chi connectivity index (χ1) is 15.7. The van der Waals surface area contributed by atoms with E-state index >= 15 is 0 Å². The van der Waals surface area contributed by atoms with Gasteiger partial charge in [0.1, 0.15) is 11.0 Å². The van der Waals surface area contributed by atoms with Crippen molar-refractivity contribution in [2.45, 2.75) is 12.3 Å². The third-order valence-electron chi connectivity index (χ3n) is 5.22. The van der Waals surface area contributed by atoms with Gasteiger partial charge in [-0.2, -0.15) is 0 Å². The number of anilines is 1. The number of rotatable bonds is 4. The lowest BCUT2D eigenvalue weighted by atomic mass is 9.93. The number of amides is 2. The predicted molar refractivity (Wildman–Crippen MR) is 116 cm³/mol. The van der Waals surface area contributed by atoms with E-state index in [9.17, 15) is 22.8 Å². The van der Waals surface area contributed by atoms with Gasteiger partial charge in [0, 0.05) is 42.8 Å². The number of nitrogens with zero attached hydrogens (tertiary/aromatic N) is 3. The molecule has 3 aromatic rings. The number of pyridine rings is 2. The molecule has 0 spiro atoms. The summed E-state index contributed by atoms with van der Waals surface area (Å²) in [5.41, 5.74) is 1.25. The summed E-state index contributed by atoms with van der Waals surface area (Å²) >= 11 is 5.79. The lowest BCUT2D eigenvalue weighted by molar-refractivity contribution is -0.130. The number of hydrogen-bond donors (Lipinski definition) is 1. The molecule has 4 rings (SSSR count). The van der Waals surface area contributed by atoms with Crippen molar-refractivity contribution in [2.24, 2.45) is 5.92 Å². The highest BCUT2D eigenvalue weighted by atomic mass is 35.5. The first-order valence-electron chi connectivity index (χ1n) is 10.0. The van der Waals surface area contributed by atoms with Crippen LogP contribution in [0.2, 0.25) is 5.15 Å². The number of piperidine rings is 1. The van der Waals surface area contributed by atoms with Gasteiger partial charge in [0.2, 0.25) is 5.91 Å². The first kappa shape index (κ1) is 22.7. The van der Waals surface area contributed by atoms with Crippen molar-refractivity contribution in [3.8, 4) is 11.1 Å². The molecule has 0 bridgehead atoms. The highest BCUT2D eigenvalue weighted by Gasteiger charge is 2.44. The molecule has 170 valence electrons. The lowest BCUT2D eigenvalue weighted by Gasteiger charge is -2.37. The molecule has 1 fully saturated rings. The molecule has 2 aromatic heterocycles. The van der Waals surface area contributed by atoms with Gasteiger partial charge in [-0.1, -0.05) is 11.6 Å². The van der Waals surface area contributed by atoms with Gasteiger partial charge in [-0.25, -0.2) is 18.2 Å². The minimum atomic E-state index is -3.28. The van der Waals surface area contributed by atoms with Gasteiger partial charge in [0.25, 0.3) is 11.8 Å². The van der Waals surface area contributed by atoms with Gasteiger partial charge in [0.05, 0.1) is 12.5 Å². The molecule has 1 aromatic carbocycles. The largest absolute Gasteiger partial charge is 0.332 e. The molecule has 6 nitrogen and oxygen atoms in total. The van der Waals surface area contributed by atoms with E-state index in [2.05, 4.69) is 15.3 Å². The highest BCUT2D eigenvalue weighted by Crippen LogP contribution is 2.33. The Morgan fingerprint density at radius 3 is 2.55 bits per heavy atom. The van der Waals surface area contributed by atoms with Gasteiger partial charge >= 0.3 is 0 Å². The van der Waals surface area contributed by atoms with Crippen molar-refractivity contribution in [3.63, 3.8) is 0 Å². The summed E-state index contributed by atoms with van der Waals surface area (Å²) in [4.78, 5) is 34.3. The average Bonchev–Trinajstić information content (AvgIpc) is 2.77. The summed E-state index contributed by atoms with van der Waals surface area (Å²) in [6.07, 6.45) is 3.69. The highest BCUT2D eigenvalue weighted by molar-refractivity contribution is 6.29. The number of nitrogens with one attached hydrogen (secondary N) is 1. The van der Waals surface area contributed by atoms with Gasteiger partial charge in [-0.3, -0.25) is 14.6 Å². The van der Waals surface area contributed by atoms with Crippen molar-refractivity contribution >= 4 is 29.1 Å². The van der Waals surface area contributed by atoms with Crippen molar-refractivity contribution in [1.82, 2.24) is 14.9 Å². The van der Waals surface area contributed by atoms with E-state index in [1.54, 1.807) is 12.1 Å². The van der Waals surface area contributed by atoms with Crippen molar-refractivity contribution in [3.05, 3.63) is 77.6 Å². The minimum Gasteiger partial charge on any atom is -0.332 e. The first-order valence-corrected chi connectivity index (χ1v) is 10.4. The second-order valence-electron chi connectivity index (χ2n) is 7.76. The number of carbonyl (C=O) groups is 2. The van der Waals surface area contributed by atoms with E-state index in [0.717, 1.165) is 11.0 Å². The zero-order valence-electron chi connectivity index (χ0n) is 17.1. The van der Waals surface area contributed by atoms with Crippen LogP contribution >= 0.6 is 11.6 Å². The van der Waals surface area contributed by atoms with Gasteiger partial charge in [-0.15, -0.1) is 0 Å². The quantitative estimate of drug-likeness (QED) is 0.557. The average molecular weight is 475 g/mol. The normalized spacial score (nSPS) is 17.5. The number of alkyl halides is 2. The number of aromatic nitrogens is 2. The molecule has 0 radical (unpaired) electrons. The molecule has 0 saturated carbocycles. The fourth-order valence-corrected chi connectivity index (χ4v) is 3.93. The number of carbonyl (C=O) groups excluding carboxylic acids is 2. The van der Waals surface area contributed by atoms with Crippen LogP contribution in [0.15, 0.2) is 61.1 Å². The summed E-state index contributed by atoms with van der Waals surface area (Å²) in [6.45, 7) is -1.10. The molecule has 1 aliphatic rings. The lowest BCUT2D eigenvalue weighted by Crippen LogP contribution is -2.52. The number of halogens is 4. The third kappa shape index (κ3) is 5.48. The maximum atomic E-state index is 14.5. The Kier molecular flexibility index (Phi) is 6.33. The van der Waals surface area contributed by atoms with Crippen molar-refractivity contribution in [1.29, 1.82) is 0 Å². The van der Waals surface area contributed by atoms with Crippen LogP contribution in [0, 0.1) is 11.7 Å². The molecule has 1 N–H and O–H groups in total. The molecule has 1 atom stereocenters. The molecule has 10 heteroatoms. The van der Waals surface area contributed by atoms with E-state index in [1.165, 1.54) is 42.9 Å². The smallest absolute Gasteiger partial charge is 0.266 e. The van der Waals surface area contributed by atoms with Crippen LogP contribution in [0.5, 0.6) is 0 Å². The molecule has 1 aliphatic heterocycles. The van der Waals surface area contributed by atoms with Crippen LogP contribution in [0.25, 0.3) is 11.1 Å². The SMILES string of the molecule is O=C(Nc1ccnc(Cl)c1)C1CN(C(=O)c2cc(F)cc(-c3ccncc3)c2)CC(F)(F)C1. The second kappa shape index (κ2) is 9.19. The molecule has 33 heavy (non-hydrogen) atoms. The van der Waals surface area contributed by atoms with Crippen LogP contribution in [-0.4, -0.2) is 45.7 Å². The Morgan fingerprint density at radius 1 is 1.06 bits per heavy atom. The molecule has 1 unspecified atom stereocenters. The fourth-order valence-electron chi connectivity index (χ4n) is 3.76. The summed E-state index contributed by atoms with van der Waals surface area (Å²) in [6, 6.07) is 9.81. The van der Waals surface area contributed by atoms with E-state index in [-0.39, 0.29) is 17.3 Å². The maximum absolute atomic E-state index is 14.5. The Balaban J connectivity index is 1.56. The monoisotopic (exact) mass is 474 g/mol. The Labute approximate surface area is 192 Å². The number of hydrogen-bond acceptors (Lipinski definition) is 4.